The van der Waals surface area contributed by atoms with Gasteiger partial charge in [0, 0.05) is 26.8 Å². The Bertz CT molecular complexity index is 379. The molecule has 15 heavy (non-hydrogen) atoms. The summed E-state index contributed by atoms with van der Waals surface area (Å²) in [6.07, 6.45) is 0. The van der Waals surface area contributed by atoms with Crippen molar-refractivity contribution in [1.29, 1.82) is 0 Å². The van der Waals surface area contributed by atoms with Crippen LogP contribution < -0.4 is 16.0 Å². The van der Waals surface area contributed by atoms with Crippen LogP contribution in [0, 0.1) is 0 Å². The molecule has 0 heterocycles. The fraction of sp³-hybridized carbons (Fsp3) is 0.300. The summed E-state index contributed by atoms with van der Waals surface area (Å²) in [6.45, 7) is 0. The minimum absolute atomic E-state index is 0.163. The summed E-state index contributed by atoms with van der Waals surface area (Å²) in [4.78, 5) is 11.5. The smallest absolute Gasteiger partial charge is 0.253 e. The molecule has 1 rings (SSSR count). The topological polar surface area (TPSA) is 53.2 Å². The van der Waals surface area contributed by atoms with E-state index in [-0.39, 0.29) is 5.91 Å². The molecule has 0 bridgehead atoms. The molecule has 0 fully saturated rings. The highest BCUT2D eigenvalue weighted by molar-refractivity contribution is 6.33. The molecule has 0 radical (unpaired) electrons. The number of anilines is 2. The number of carbonyl (C=O) groups excluding carboxylic acids is 1. The third-order valence-electron chi connectivity index (χ3n) is 2.12. The summed E-state index contributed by atoms with van der Waals surface area (Å²) in [5.41, 5.74) is 2.06. The predicted molar refractivity (Wildman–Crippen MR) is 63.9 cm³/mol. The fourth-order valence-corrected chi connectivity index (χ4v) is 1.55. The van der Waals surface area contributed by atoms with Crippen LogP contribution >= 0.6 is 11.6 Å². The maximum absolute atomic E-state index is 11.5. The van der Waals surface area contributed by atoms with Crippen molar-refractivity contribution < 1.29 is 4.79 Å². The molecule has 5 heteroatoms. The van der Waals surface area contributed by atoms with E-state index in [1.807, 2.05) is 0 Å². The normalized spacial score (nSPS) is 9.60. The van der Waals surface area contributed by atoms with E-state index in [4.69, 9.17) is 11.6 Å². The maximum Gasteiger partial charge on any atom is 0.253 e. The van der Waals surface area contributed by atoms with Crippen molar-refractivity contribution in [1.82, 2.24) is 5.32 Å². The maximum atomic E-state index is 11.5. The lowest BCUT2D eigenvalue weighted by atomic mass is 10.1. The summed E-state index contributed by atoms with van der Waals surface area (Å²) in [5.74, 6) is -0.163. The van der Waals surface area contributed by atoms with Crippen LogP contribution in [0.3, 0.4) is 0 Å². The first-order chi connectivity index (χ1) is 7.13. The molecule has 0 aliphatic heterocycles. The Morgan fingerprint density at radius 2 is 1.73 bits per heavy atom. The molecule has 4 nitrogen and oxygen atoms in total. The molecule has 0 aliphatic carbocycles. The van der Waals surface area contributed by atoms with Crippen molar-refractivity contribution in [2.24, 2.45) is 0 Å². The van der Waals surface area contributed by atoms with Crippen LogP contribution in [0.2, 0.25) is 5.02 Å². The van der Waals surface area contributed by atoms with Gasteiger partial charge in [0.2, 0.25) is 0 Å². The molecule has 0 unspecified atom stereocenters. The lowest BCUT2D eigenvalue weighted by Gasteiger charge is -2.12. The average Bonchev–Trinajstić information content (AvgIpc) is 2.27. The molecule has 1 amide bonds. The predicted octanol–water partition coefficient (Wildman–Crippen LogP) is 1.78. The molecule has 1 aromatic rings. The van der Waals surface area contributed by atoms with E-state index < -0.39 is 0 Å². The van der Waals surface area contributed by atoms with E-state index in [0.29, 0.717) is 10.6 Å². The standard InChI is InChI=1S/C10H14ClN3O/c1-12-8-5-9(13-2)7(11)4-6(8)10(15)14-3/h4-5,12-13H,1-3H3,(H,14,15). The fourth-order valence-electron chi connectivity index (χ4n) is 1.29. The van der Waals surface area contributed by atoms with Crippen LogP contribution in [0.5, 0.6) is 0 Å². The lowest BCUT2D eigenvalue weighted by molar-refractivity contribution is 0.0964. The van der Waals surface area contributed by atoms with Gasteiger partial charge in [-0.15, -0.1) is 0 Å². The monoisotopic (exact) mass is 227 g/mol. The summed E-state index contributed by atoms with van der Waals surface area (Å²) in [6, 6.07) is 3.44. The molecule has 0 aliphatic rings. The summed E-state index contributed by atoms with van der Waals surface area (Å²) in [7, 11) is 5.12. The van der Waals surface area contributed by atoms with Crippen molar-refractivity contribution >= 4 is 28.9 Å². The van der Waals surface area contributed by atoms with Crippen molar-refractivity contribution in [3.8, 4) is 0 Å². The highest BCUT2D eigenvalue weighted by Gasteiger charge is 2.12. The second-order valence-corrected chi connectivity index (χ2v) is 3.36. The Hall–Kier alpha value is -1.42. The zero-order valence-electron chi connectivity index (χ0n) is 8.94. The summed E-state index contributed by atoms with van der Waals surface area (Å²) >= 11 is 5.99. The van der Waals surface area contributed by atoms with E-state index >= 15 is 0 Å². The van der Waals surface area contributed by atoms with Gasteiger partial charge < -0.3 is 16.0 Å². The number of hydrogen-bond donors (Lipinski definition) is 3. The Morgan fingerprint density at radius 3 is 2.20 bits per heavy atom. The molecule has 0 aromatic heterocycles. The highest BCUT2D eigenvalue weighted by Crippen LogP contribution is 2.28. The highest BCUT2D eigenvalue weighted by atomic mass is 35.5. The number of halogens is 1. The largest absolute Gasteiger partial charge is 0.387 e. The number of hydrogen-bond acceptors (Lipinski definition) is 3. The third kappa shape index (κ3) is 2.33. The van der Waals surface area contributed by atoms with Crippen molar-refractivity contribution in [3.05, 3.63) is 22.7 Å². The van der Waals surface area contributed by atoms with Crippen LogP contribution in [-0.4, -0.2) is 27.1 Å². The quantitative estimate of drug-likeness (QED) is 0.738. The number of benzene rings is 1. The molecule has 0 spiro atoms. The Kier molecular flexibility index (Phi) is 3.80. The molecule has 3 N–H and O–H groups in total. The van der Waals surface area contributed by atoms with Crippen LogP contribution in [-0.2, 0) is 0 Å². The minimum atomic E-state index is -0.163. The van der Waals surface area contributed by atoms with Gasteiger partial charge in [-0.3, -0.25) is 4.79 Å². The molecule has 82 valence electrons. The van der Waals surface area contributed by atoms with Gasteiger partial charge in [0.25, 0.3) is 5.91 Å². The van der Waals surface area contributed by atoms with Crippen LogP contribution in [0.1, 0.15) is 10.4 Å². The first-order valence-electron chi connectivity index (χ1n) is 4.55. The summed E-state index contributed by atoms with van der Waals surface area (Å²) < 4.78 is 0. The Balaban J connectivity index is 3.27. The number of rotatable bonds is 3. The molecule has 1 aromatic carbocycles. The van der Waals surface area contributed by atoms with Gasteiger partial charge in [-0.1, -0.05) is 11.6 Å². The average molecular weight is 228 g/mol. The lowest BCUT2D eigenvalue weighted by Crippen LogP contribution is -2.19. The van der Waals surface area contributed by atoms with Gasteiger partial charge >= 0.3 is 0 Å². The molecular formula is C10H14ClN3O. The van der Waals surface area contributed by atoms with Gasteiger partial charge in [0.05, 0.1) is 16.3 Å². The molecule has 0 saturated heterocycles. The summed E-state index contributed by atoms with van der Waals surface area (Å²) in [5, 5.41) is 8.99. The second-order valence-electron chi connectivity index (χ2n) is 2.96. The van der Waals surface area contributed by atoms with E-state index in [2.05, 4.69) is 16.0 Å². The van der Waals surface area contributed by atoms with E-state index in [0.717, 1.165) is 11.4 Å². The molecule has 0 atom stereocenters. The van der Waals surface area contributed by atoms with Gasteiger partial charge in [-0.25, -0.2) is 0 Å². The number of carbonyl (C=O) groups is 1. The van der Waals surface area contributed by atoms with Gasteiger partial charge in [-0.05, 0) is 12.1 Å². The van der Waals surface area contributed by atoms with E-state index in [1.54, 1.807) is 33.3 Å². The second kappa shape index (κ2) is 4.89. The SMILES string of the molecule is CNC(=O)c1cc(Cl)c(NC)cc1NC. The van der Waals surface area contributed by atoms with Gasteiger partial charge in [-0.2, -0.15) is 0 Å². The van der Waals surface area contributed by atoms with Crippen LogP contribution in [0.4, 0.5) is 11.4 Å². The Morgan fingerprint density at radius 1 is 1.13 bits per heavy atom. The van der Waals surface area contributed by atoms with E-state index in [1.165, 1.54) is 0 Å². The van der Waals surface area contributed by atoms with Crippen LogP contribution in [0.15, 0.2) is 12.1 Å². The molecular weight excluding hydrogens is 214 g/mol. The van der Waals surface area contributed by atoms with Crippen molar-refractivity contribution in [2.75, 3.05) is 31.8 Å². The zero-order chi connectivity index (χ0) is 11.4. The minimum Gasteiger partial charge on any atom is -0.387 e. The first-order valence-corrected chi connectivity index (χ1v) is 4.93. The van der Waals surface area contributed by atoms with E-state index in [9.17, 15) is 4.79 Å². The number of amides is 1. The van der Waals surface area contributed by atoms with Crippen molar-refractivity contribution in [2.45, 2.75) is 0 Å². The van der Waals surface area contributed by atoms with Gasteiger partial charge in [0.1, 0.15) is 0 Å². The zero-order valence-corrected chi connectivity index (χ0v) is 9.70. The van der Waals surface area contributed by atoms with Crippen LogP contribution in [0.25, 0.3) is 0 Å². The number of nitrogens with one attached hydrogen (secondary N) is 3. The third-order valence-corrected chi connectivity index (χ3v) is 2.43. The Labute approximate surface area is 94.0 Å². The first kappa shape index (κ1) is 11.7. The van der Waals surface area contributed by atoms with Gasteiger partial charge in [0.15, 0.2) is 0 Å². The van der Waals surface area contributed by atoms with Crippen molar-refractivity contribution in [3.63, 3.8) is 0 Å². The molecule has 0 saturated carbocycles.